The van der Waals surface area contributed by atoms with E-state index in [-0.39, 0.29) is 12.7 Å². The number of piperazine rings is 2. The first-order chi connectivity index (χ1) is 14.7. The van der Waals surface area contributed by atoms with E-state index in [0.29, 0.717) is 31.6 Å². The Morgan fingerprint density at radius 2 is 1.90 bits per heavy atom. The van der Waals surface area contributed by atoms with Crippen molar-refractivity contribution in [3.05, 3.63) is 54.0 Å². The highest BCUT2D eigenvalue weighted by Gasteiger charge is 2.36. The highest BCUT2D eigenvalue weighted by Crippen LogP contribution is 2.28. The third kappa shape index (κ3) is 4.46. The molecule has 4 rings (SSSR count). The van der Waals surface area contributed by atoms with Crippen molar-refractivity contribution < 1.29 is 14.7 Å². The van der Waals surface area contributed by atoms with Crippen molar-refractivity contribution in [2.75, 3.05) is 57.3 Å². The Bertz CT molecular complexity index is 870. The van der Waals surface area contributed by atoms with E-state index < -0.39 is 5.97 Å². The molecule has 8 heteroatoms. The number of hydrogen-bond acceptors (Lipinski definition) is 7. The largest absolute Gasteiger partial charge is 0.480 e. The van der Waals surface area contributed by atoms with Gasteiger partial charge in [-0.3, -0.25) is 19.6 Å². The molecule has 1 atom stereocenters. The van der Waals surface area contributed by atoms with Gasteiger partial charge in [0.2, 0.25) is 0 Å². The summed E-state index contributed by atoms with van der Waals surface area (Å²) in [6.07, 6.45) is 10.2. The standard InChI is InChI=1S/C22H27N5O3/c28-17-18-3-1-2-4-20(18)27-14-9-24(16-22(29)30)15-21(27)26-12-10-25(11-13-26)19-5-7-23-8-6-19/h1-2,4-8,21H,3,9-16H2,(H,29,30). The Morgan fingerprint density at radius 1 is 1.13 bits per heavy atom. The van der Waals surface area contributed by atoms with Crippen LogP contribution in [0.4, 0.5) is 5.69 Å². The van der Waals surface area contributed by atoms with Crippen LogP contribution >= 0.6 is 0 Å². The molecule has 0 amide bonds. The van der Waals surface area contributed by atoms with Gasteiger partial charge in [0.05, 0.1) is 24.0 Å². The molecule has 1 unspecified atom stereocenters. The lowest BCUT2D eigenvalue weighted by Crippen LogP contribution is -2.63. The molecule has 0 aromatic carbocycles. The summed E-state index contributed by atoms with van der Waals surface area (Å²) >= 11 is 0. The summed E-state index contributed by atoms with van der Waals surface area (Å²) in [5.41, 5.74) is 2.76. The second-order valence-corrected chi connectivity index (χ2v) is 7.80. The minimum absolute atomic E-state index is 0.0267. The second kappa shape index (κ2) is 9.26. The SMILES string of the molecule is O=C=C1CC=CC=C1N1CCN(CC(=O)O)CC1N1CCN(c2ccncc2)CC1. The molecule has 158 valence electrons. The van der Waals surface area contributed by atoms with Crippen LogP contribution in [-0.2, 0) is 9.59 Å². The van der Waals surface area contributed by atoms with Crippen LogP contribution in [-0.4, -0.2) is 95.2 Å². The molecule has 2 saturated heterocycles. The number of allylic oxidation sites excluding steroid dienone is 4. The summed E-state index contributed by atoms with van der Waals surface area (Å²) in [6.45, 7) is 5.54. The van der Waals surface area contributed by atoms with E-state index in [9.17, 15) is 14.7 Å². The summed E-state index contributed by atoms with van der Waals surface area (Å²) in [5, 5.41) is 9.26. The Hall–Kier alpha value is -2.93. The number of carbonyl (C=O) groups excluding carboxylic acids is 1. The van der Waals surface area contributed by atoms with Crippen LogP contribution in [0.15, 0.2) is 54.0 Å². The fourth-order valence-corrected chi connectivity index (χ4v) is 4.49. The van der Waals surface area contributed by atoms with Gasteiger partial charge in [-0.2, -0.15) is 0 Å². The van der Waals surface area contributed by atoms with Gasteiger partial charge in [0.25, 0.3) is 0 Å². The molecule has 1 aliphatic carbocycles. The average Bonchev–Trinajstić information content (AvgIpc) is 2.79. The van der Waals surface area contributed by atoms with Crippen LogP contribution < -0.4 is 4.90 Å². The molecule has 0 radical (unpaired) electrons. The van der Waals surface area contributed by atoms with E-state index in [1.54, 1.807) is 0 Å². The molecule has 2 fully saturated rings. The maximum absolute atomic E-state index is 11.5. The molecule has 1 aromatic heterocycles. The molecule has 0 bridgehead atoms. The topological polar surface area (TPSA) is 80.2 Å². The highest BCUT2D eigenvalue weighted by atomic mass is 16.4. The van der Waals surface area contributed by atoms with Crippen LogP contribution in [0.1, 0.15) is 6.42 Å². The van der Waals surface area contributed by atoms with Gasteiger partial charge in [0.1, 0.15) is 5.94 Å². The maximum Gasteiger partial charge on any atom is 0.317 e. The van der Waals surface area contributed by atoms with Crippen LogP contribution in [0, 0.1) is 0 Å². The van der Waals surface area contributed by atoms with E-state index in [1.807, 2.05) is 47.7 Å². The third-order valence-electron chi connectivity index (χ3n) is 6.01. The van der Waals surface area contributed by atoms with Crippen molar-refractivity contribution in [1.82, 2.24) is 19.7 Å². The van der Waals surface area contributed by atoms with Gasteiger partial charge in [0.15, 0.2) is 0 Å². The zero-order valence-electron chi connectivity index (χ0n) is 17.0. The summed E-state index contributed by atoms with van der Waals surface area (Å²) in [7, 11) is 0. The van der Waals surface area contributed by atoms with Crippen molar-refractivity contribution in [3.8, 4) is 0 Å². The zero-order valence-corrected chi connectivity index (χ0v) is 17.0. The zero-order chi connectivity index (χ0) is 20.9. The molecular weight excluding hydrogens is 382 g/mol. The molecule has 3 aliphatic rings. The van der Waals surface area contributed by atoms with Gasteiger partial charge in [-0.05, 0) is 18.2 Å². The Morgan fingerprint density at radius 3 is 2.60 bits per heavy atom. The smallest absolute Gasteiger partial charge is 0.317 e. The molecule has 0 spiro atoms. The minimum Gasteiger partial charge on any atom is -0.480 e. The molecule has 8 nitrogen and oxygen atoms in total. The fraction of sp³-hybridized carbons (Fsp3) is 0.455. The van der Waals surface area contributed by atoms with Gasteiger partial charge in [-0.1, -0.05) is 12.2 Å². The van der Waals surface area contributed by atoms with E-state index in [4.69, 9.17) is 0 Å². The van der Waals surface area contributed by atoms with E-state index in [1.165, 1.54) is 5.69 Å². The lowest BCUT2D eigenvalue weighted by Gasteiger charge is -2.50. The number of aromatic nitrogens is 1. The monoisotopic (exact) mass is 409 g/mol. The number of rotatable bonds is 5. The summed E-state index contributed by atoms with van der Waals surface area (Å²) in [4.78, 5) is 35.9. The highest BCUT2D eigenvalue weighted by molar-refractivity contribution is 5.69. The molecule has 1 N–H and O–H groups in total. The number of anilines is 1. The lowest BCUT2D eigenvalue weighted by atomic mass is 10.0. The van der Waals surface area contributed by atoms with E-state index in [0.717, 1.165) is 31.9 Å². The molecule has 2 aliphatic heterocycles. The first-order valence-electron chi connectivity index (χ1n) is 10.4. The van der Waals surface area contributed by atoms with Crippen molar-refractivity contribution >= 4 is 17.6 Å². The van der Waals surface area contributed by atoms with Crippen LogP contribution in [0.5, 0.6) is 0 Å². The van der Waals surface area contributed by atoms with Gasteiger partial charge >= 0.3 is 5.97 Å². The van der Waals surface area contributed by atoms with Crippen molar-refractivity contribution in [2.24, 2.45) is 0 Å². The normalized spacial score (nSPS) is 23.3. The third-order valence-corrected chi connectivity index (χ3v) is 6.01. The Kier molecular flexibility index (Phi) is 6.28. The van der Waals surface area contributed by atoms with E-state index in [2.05, 4.69) is 25.6 Å². The first-order valence-corrected chi connectivity index (χ1v) is 10.4. The van der Waals surface area contributed by atoms with Crippen LogP contribution in [0.25, 0.3) is 0 Å². The first kappa shape index (κ1) is 20.3. The van der Waals surface area contributed by atoms with Crippen LogP contribution in [0.3, 0.4) is 0 Å². The quantitative estimate of drug-likeness (QED) is 0.717. The van der Waals surface area contributed by atoms with Crippen molar-refractivity contribution in [3.63, 3.8) is 0 Å². The number of hydrogen-bond donors (Lipinski definition) is 1. The number of carboxylic acids is 1. The Labute approximate surface area is 176 Å². The summed E-state index contributed by atoms with van der Waals surface area (Å²) in [5.74, 6) is 1.30. The summed E-state index contributed by atoms with van der Waals surface area (Å²) < 4.78 is 0. The number of carbonyl (C=O) groups is 1. The van der Waals surface area contributed by atoms with Crippen LogP contribution in [0.2, 0.25) is 0 Å². The molecule has 1 aromatic rings. The number of aliphatic carboxylic acids is 1. The van der Waals surface area contributed by atoms with Crippen molar-refractivity contribution in [1.29, 1.82) is 0 Å². The minimum atomic E-state index is -0.807. The van der Waals surface area contributed by atoms with Gasteiger partial charge in [-0.15, -0.1) is 0 Å². The number of nitrogens with zero attached hydrogens (tertiary/aromatic N) is 5. The number of carboxylic acid groups (broad SMARTS) is 1. The predicted molar refractivity (Wildman–Crippen MR) is 114 cm³/mol. The fourth-order valence-electron chi connectivity index (χ4n) is 4.49. The molecule has 0 saturated carbocycles. The maximum atomic E-state index is 11.5. The molecular formula is C22H27N5O3. The average molecular weight is 409 g/mol. The molecule has 3 heterocycles. The molecule has 30 heavy (non-hydrogen) atoms. The van der Waals surface area contributed by atoms with Gasteiger partial charge in [0, 0.05) is 70.3 Å². The predicted octanol–water partition coefficient (Wildman–Crippen LogP) is 0.834. The van der Waals surface area contributed by atoms with E-state index >= 15 is 0 Å². The number of pyridine rings is 1. The Balaban J connectivity index is 1.51. The second-order valence-electron chi connectivity index (χ2n) is 7.80. The lowest BCUT2D eigenvalue weighted by molar-refractivity contribution is -0.139. The van der Waals surface area contributed by atoms with Crippen molar-refractivity contribution in [2.45, 2.75) is 12.6 Å². The summed E-state index contributed by atoms with van der Waals surface area (Å²) in [6, 6.07) is 4.05. The van der Waals surface area contributed by atoms with Gasteiger partial charge in [-0.25, -0.2) is 4.79 Å². The van der Waals surface area contributed by atoms with Gasteiger partial charge < -0.3 is 14.9 Å².